The molecule has 0 saturated carbocycles. The fourth-order valence-corrected chi connectivity index (χ4v) is 0.537. The summed E-state index contributed by atoms with van der Waals surface area (Å²) in [5.74, 6) is -0.819. The number of cyclic esters (lactones) is 1. The second kappa shape index (κ2) is 1.68. The van der Waals surface area contributed by atoms with Crippen LogP contribution in [-0.2, 0) is 4.74 Å². The number of carbonyl (C=O) groups excluding carboxylic acids is 1. The van der Waals surface area contributed by atoms with E-state index >= 15 is 0 Å². The quantitative estimate of drug-likeness (QED) is 0.484. The maximum atomic E-state index is 12.5. The Labute approximate surface area is 55.9 Å². The Hall–Kier alpha value is -1.13. The molecule has 1 fully saturated rings. The molecule has 1 amide bonds. The summed E-state index contributed by atoms with van der Waals surface area (Å²) in [6.07, 6.45) is -1.07. The highest BCUT2D eigenvalue weighted by atomic mass is 19.3. The van der Waals surface area contributed by atoms with E-state index in [0.717, 1.165) is 7.05 Å². The molecule has 0 unspecified atom stereocenters. The number of nitrogens with zero attached hydrogens (tertiary/aromatic N) is 1. The summed E-state index contributed by atoms with van der Waals surface area (Å²) in [6, 6.07) is -3.35. The molecule has 56 valence electrons. The minimum atomic E-state index is -3.35. The Morgan fingerprint density at radius 2 is 2.20 bits per heavy atom. The number of amides is 1. The van der Waals surface area contributed by atoms with Crippen LogP contribution >= 0.6 is 0 Å². The first-order valence-corrected chi connectivity index (χ1v) is 2.49. The molecule has 0 aromatic rings. The molecule has 0 aliphatic carbocycles. The first-order valence-electron chi connectivity index (χ1n) is 2.49. The van der Waals surface area contributed by atoms with Gasteiger partial charge in [0.1, 0.15) is 0 Å². The molecule has 1 heterocycles. The van der Waals surface area contributed by atoms with Crippen LogP contribution in [0.3, 0.4) is 0 Å². The molecule has 10 heavy (non-hydrogen) atoms. The number of likely N-dealkylation sites (N-methyl/N-ethyl adjacent to an activating group) is 1. The van der Waals surface area contributed by atoms with E-state index in [4.69, 9.17) is 0 Å². The van der Waals surface area contributed by atoms with Crippen molar-refractivity contribution in [2.45, 2.75) is 6.05 Å². The zero-order valence-corrected chi connectivity index (χ0v) is 5.23. The number of rotatable bonds is 0. The van der Waals surface area contributed by atoms with Gasteiger partial charge in [0.25, 0.3) is 0 Å². The lowest BCUT2D eigenvalue weighted by Crippen LogP contribution is -2.34. The Kier molecular flexibility index (Phi) is 1.17. The summed E-state index contributed by atoms with van der Waals surface area (Å²) < 4.78 is 29.0. The molecule has 1 aliphatic rings. The third kappa shape index (κ3) is 0.665. The predicted molar refractivity (Wildman–Crippen MR) is 28.3 cm³/mol. The number of halogens is 2. The van der Waals surface area contributed by atoms with Crippen LogP contribution in [0.4, 0.5) is 13.6 Å². The first-order chi connectivity index (χ1) is 4.46. The van der Waals surface area contributed by atoms with Crippen LogP contribution in [0.15, 0.2) is 12.3 Å². The van der Waals surface area contributed by atoms with Gasteiger partial charge in [-0.15, -0.1) is 0 Å². The summed E-state index contributed by atoms with van der Waals surface area (Å²) in [5.41, 5.74) is 0. The molecule has 0 N–H and O–H groups in total. The Bertz CT molecular complexity index is 202. The fraction of sp³-hybridized carbons (Fsp3) is 0.400. The van der Waals surface area contributed by atoms with Crippen LogP contribution in [0.2, 0.25) is 0 Å². The van der Waals surface area contributed by atoms with Gasteiger partial charge in [-0.1, -0.05) is 6.58 Å². The van der Waals surface area contributed by atoms with Crippen LogP contribution in [0.25, 0.3) is 0 Å². The molecule has 0 spiro atoms. The maximum absolute atomic E-state index is 12.5. The standard InChI is InChI=1S/C5H5F2NO2/c1-3-5(6,7)8(2)4(9)10-3/h1H2,2H3. The van der Waals surface area contributed by atoms with Crippen LogP contribution < -0.4 is 0 Å². The van der Waals surface area contributed by atoms with Crippen molar-refractivity contribution in [1.29, 1.82) is 0 Å². The lowest BCUT2D eigenvalue weighted by molar-refractivity contribution is -0.0597. The third-order valence-electron chi connectivity index (χ3n) is 1.24. The highest BCUT2D eigenvalue weighted by molar-refractivity contribution is 5.72. The highest BCUT2D eigenvalue weighted by Gasteiger charge is 2.50. The van der Waals surface area contributed by atoms with Gasteiger partial charge < -0.3 is 4.74 Å². The van der Waals surface area contributed by atoms with Gasteiger partial charge in [0.15, 0.2) is 5.76 Å². The van der Waals surface area contributed by atoms with E-state index in [1.807, 2.05) is 0 Å². The zero-order chi connectivity index (χ0) is 7.94. The molecule has 0 aromatic carbocycles. The summed E-state index contributed by atoms with van der Waals surface area (Å²) in [5, 5.41) is 0. The number of carbonyl (C=O) groups is 1. The predicted octanol–water partition coefficient (Wildman–Crippen LogP) is 1.17. The van der Waals surface area contributed by atoms with E-state index in [2.05, 4.69) is 11.3 Å². The smallest absolute Gasteiger partial charge is 0.407 e. The molecule has 0 aromatic heterocycles. The molecule has 1 aliphatic heterocycles. The molecule has 0 atom stereocenters. The van der Waals surface area contributed by atoms with Gasteiger partial charge in [-0.3, -0.25) is 0 Å². The van der Waals surface area contributed by atoms with Gasteiger partial charge >= 0.3 is 12.1 Å². The molecule has 5 heteroatoms. The van der Waals surface area contributed by atoms with Crippen molar-refractivity contribution < 1.29 is 18.3 Å². The minimum Gasteiger partial charge on any atom is -0.407 e. The first kappa shape index (κ1) is 6.98. The van der Waals surface area contributed by atoms with Crippen LogP contribution in [0.5, 0.6) is 0 Å². The average molecular weight is 149 g/mol. The summed E-state index contributed by atoms with van der Waals surface area (Å²) in [7, 11) is 0.945. The Morgan fingerprint density at radius 1 is 1.70 bits per heavy atom. The highest BCUT2D eigenvalue weighted by Crippen LogP contribution is 2.33. The molecule has 0 bridgehead atoms. The molecular weight excluding hydrogens is 144 g/mol. The largest absolute Gasteiger partial charge is 0.419 e. The number of hydrogen-bond donors (Lipinski definition) is 0. The van der Waals surface area contributed by atoms with Crippen LogP contribution in [0, 0.1) is 0 Å². The maximum Gasteiger partial charge on any atom is 0.419 e. The van der Waals surface area contributed by atoms with Gasteiger partial charge in [0.2, 0.25) is 0 Å². The lowest BCUT2D eigenvalue weighted by Gasteiger charge is -2.13. The second-order valence-electron chi connectivity index (χ2n) is 1.89. The molecule has 1 rings (SSSR count). The van der Waals surface area contributed by atoms with E-state index in [9.17, 15) is 13.6 Å². The van der Waals surface area contributed by atoms with Gasteiger partial charge in [-0.2, -0.15) is 8.78 Å². The van der Waals surface area contributed by atoms with Crippen molar-refractivity contribution >= 4 is 6.09 Å². The van der Waals surface area contributed by atoms with Crippen LogP contribution in [-0.4, -0.2) is 24.1 Å². The lowest BCUT2D eigenvalue weighted by atomic mass is 10.5. The molecule has 1 saturated heterocycles. The van der Waals surface area contributed by atoms with Crippen molar-refractivity contribution in [2.75, 3.05) is 7.05 Å². The number of alkyl halides is 2. The van der Waals surface area contributed by atoms with E-state index in [1.54, 1.807) is 0 Å². The van der Waals surface area contributed by atoms with Crippen molar-refractivity contribution in [2.24, 2.45) is 0 Å². The molecular formula is C5H5F2NO2. The second-order valence-corrected chi connectivity index (χ2v) is 1.89. The number of hydrogen-bond acceptors (Lipinski definition) is 2. The van der Waals surface area contributed by atoms with Gasteiger partial charge in [-0.05, 0) is 0 Å². The van der Waals surface area contributed by atoms with Gasteiger partial charge in [0, 0.05) is 7.05 Å². The SMILES string of the molecule is C=C1OC(=O)N(C)C1(F)F. The average Bonchev–Trinajstić information content (AvgIpc) is 1.97. The summed E-state index contributed by atoms with van der Waals surface area (Å²) in [6.45, 7) is 2.87. The number of ether oxygens (including phenoxy) is 1. The van der Waals surface area contributed by atoms with Crippen molar-refractivity contribution in [3.8, 4) is 0 Å². The zero-order valence-electron chi connectivity index (χ0n) is 5.23. The minimum absolute atomic E-state index is 0.190. The Morgan fingerprint density at radius 3 is 2.30 bits per heavy atom. The summed E-state index contributed by atoms with van der Waals surface area (Å²) in [4.78, 5) is 10.6. The van der Waals surface area contributed by atoms with E-state index in [-0.39, 0.29) is 4.90 Å². The van der Waals surface area contributed by atoms with Crippen LogP contribution in [0.1, 0.15) is 0 Å². The van der Waals surface area contributed by atoms with E-state index < -0.39 is 17.9 Å². The normalized spacial score (nSPS) is 23.3. The van der Waals surface area contributed by atoms with Crippen molar-refractivity contribution in [3.05, 3.63) is 12.3 Å². The summed E-state index contributed by atoms with van der Waals surface area (Å²) >= 11 is 0. The monoisotopic (exact) mass is 149 g/mol. The Balaban J connectivity index is 2.96. The fourth-order valence-electron chi connectivity index (χ4n) is 0.537. The topological polar surface area (TPSA) is 29.5 Å². The van der Waals surface area contributed by atoms with Crippen molar-refractivity contribution in [1.82, 2.24) is 4.90 Å². The van der Waals surface area contributed by atoms with Gasteiger partial charge in [0.05, 0.1) is 0 Å². The van der Waals surface area contributed by atoms with E-state index in [1.165, 1.54) is 0 Å². The van der Waals surface area contributed by atoms with Crippen molar-refractivity contribution in [3.63, 3.8) is 0 Å². The van der Waals surface area contributed by atoms with Gasteiger partial charge in [-0.25, -0.2) is 9.69 Å². The van der Waals surface area contributed by atoms with E-state index in [0.29, 0.717) is 0 Å². The molecule has 3 nitrogen and oxygen atoms in total. The molecule has 0 radical (unpaired) electrons. The third-order valence-corrected chi connectivity index (χ3v) is 1.24.